The molecule has 6 nitrogen and oxygen atoms in total. The van der Waals surface area contributed by atoms with Crippen LogP contribution >= 0.6 is 23.4 Å². The van der Waals surface area contributed by atoms with E-state index in [1.165, 1.54) is 22.9 Å². The molecule has 3 heterocycles. The molecule has 170 valence electrons. The second-order valence-electron chi connectivity index (χ2n) is 9.51. The van der Waals surface area contributed by atoms with Crippen LogP contribution < -0.4 is 16.4 Å². The Hall–Kier alpha value is -2.35. The van der Waals surface area contributed by atoms with Gasteiger partial charge >= 0.3 is 0 Å². The fraction of sp³-hybridized carbons (Fsp3) is 0.400. The minimum absolute atomic E-state index is 0.110. The number of piperidine rings is 1. The number of hydrogen-bond acceptors (Lipinski definition) is 7. The summed E-state index contributed by atoms with van der Waals surface area (Å²) in [5.41, 5.74) is 17.1. The lowest BCUT2D eigenvalue weighted by Crippen LogP contribution is -2.44. The molecule has 1 saturated carbocycles. The summed E-state index contributed by atoms with van der Waals surface area (Å²) in [6.45, 7) is 1.82. The van der Waals surface area contributed by atoms with E-state index >= 15 is 0 Å². The molecule has 2 aliphatic carbocycles. The molecular formula is C25H27ClN6S. The van der Waals surface area contributed by atoms with E-state index in [0.29, 0.717) is 21.9 Å². The van der Waals surface area contributed by atoms with Gasteiger partial charge in [0.15, 0.2) is 5.82 Å². The van der Waals surface area contributed by atoms with E-state index < -0.39 is 0 Å². The molecule has 1 saturated heterocycles. The third kappa shape index (κ3) is 3.76. The van der Waals surface area contributed by atoms with Crippen LogP contribution in [0.5, 0.6) is 0 Å². The molecule has 1 spiro atoms. The Bertz CT molecular complexity index is 1210. The van der Waals surface area contributed by atoms with Crippen LogP contribution in [0.3, 0.4) is 0 Å². The standard InChI is InChI=1S/C25H27ClN6S/c26-22-20(15-5-6-15)18(7-10-29-22)33-24-23(28)31-19(14-30-24)32-11-8-25(9-12-32)13-16-3-1-2-4-17(16)21(25)27/h1-4,7,10,14-15,21H,5-6,8-9,11-13,27H2,(H2,28,31)/t21-/m1/s1. The second kappa shape index (κ2) is 8.15. The Morgan fingerprint density at radius 1 is 1.09 bits per heavy atom. The number of benzene rings is 1. The molecule has 8 heteroatoms. The molecule has 1 aliphatic heterocycles. The minimum atomic E-state index is 0.110. The van der Waals surface area contributed by atoms with Gasteiger partial charge in [0.1, 0.15) is 16.0 Å². The van der Waals surface area contributed by atoms with Gasteiger partial charge in [-0.1, -0.05) is 47.6 Å². The van der Waals surface area contributed by atoms with E-state index in [-0.39, 0.29) is 11.5 Å². The number of nitrogens with two attached hydrogens (primary N) is 2. The Kier molecular flexibility index (Phi) is 5.24. The highest BCUT2D eigenvalue weighted by Gasteiger charge is 2.45. The molecule has 2 fully saturated rings. The molecule has 4 N–H and O–H groups in total. The Balaban J connectivity index is 1.17. The van der Waals surface area contributed by atoms with Crippen LogP contribution in [0, 0.1) is 5.41 Å². The predicted octanol–water partition coefficient (Wildman–Crippen LogP) is 4.98. The summed E-state index contributed by atoms with van der Waals surface area (Å²) in [6, 6.07) is 10.7. The summed E-state index contributed by atoms with van der Waals surface area (Å²) in [5, 5.41) is 1.30. The lowest BCUT2D eigenvalue weighted by molar-refractivity contribution is 0.187. The highest BCUT2D eigenvalue weighted by Crippen LogP contribution is 2.51. The Morgan fingerprint density at radius 2 is 1.88 bits per heavy atom. The van der Waals surface area contributed by atoms with Crippen molar-refractivity contribution in [2.24, 2.45) is 11.1 Å². The fourth-order valence-electron chi connectivity index (χ4n) is 5.47. The Morgan fingerprint density at radius 3 is 2.61 bits per heavy atom. The van der Waals surface area contributed by atoms with Gasteiger partial charge in [0.05, 0.1) is 6.20 Å². The first-order chi connectivity index (χ1) is 16.0. The molecule has 3 aliphatic rings. The maximum Gasteiger partial charge on any atom is 0.158 e. The van der Waals surface area contributed by atoms with E-state index in [9.17, 15) is 0 Å². The first-order valence-electron chi connectivity index (χ1n) is 11.6. The molecular weight excluding hydrogens is 452 g/mol. The highest BCUT2D eigenvalue weighted by atomic mass is 35.5. The lowest BCUT2D eigenvalue weighted by atomic mass is 9.73. The van der Waals surface area contributed by atoms with Gasteiger partial charge in [-0.15, -0.1) is 0 Å². The number of halogens is 1. The van der Waals surface area contributed by atoms with Gasteiger partial charge in [-0.25, -0.2) is 15.0 Å². The number of nitrogen functional groups attached to an aromatic ring is 1. The summed E-state index contributed by atoms with van der Waals surface area (Å²) >= 11 is 7.91. The summed E-state index contributed by atoms with van der Waals surface area (Å²) in [7, 11) is 0. The summed E-state index contributed by atoms with van der Waals surface area (Å²) in [5.74, 6) is 1.79. The largest absolute Gasteiger partial charge is 0.381 e. The van der Waals surface area contributed by atoms with Crippen LogP contribution in [0.25, 0.3) is 0 Å². The van der Waals surface area contributed by atoms with Gasteiger partial charge in [-0.05, 0) is 60.6 Å². The van der Waals surface area contributed by atoms with Gasteiger partial charge in [0, 0.05) is 35.8 Å². The molecule has 0 amide bonds. The van der Waals surface area contributed by atoms with E-state index in [1.807, 2.05) is 12.3 Å². The number of pyridine rings is 1. The molecule has 3 aromatic rings. The summed E-state index contributed by atoms with van der Waals surface area (Å²) in [4.78, 5) is 17.0. The normalized spacial score (nSPS) is 21.4. The van der Waals surface area contributed by atoms with Gasteiger partial charge in [-0.3, -0.25) is 0 Å². The van der Waals surface area contributed by atoms with Crippen molar-refractivity contribution >= 4 is 35.0 Å². The van der Waals surface area contributed by atoms with Crippen molar-refractivity contribution in [3.8, 4) is 0 Å². The minimum Gasteiger partial charge on any atom is -0.381 e. The van der Waals surface area contributed by atoms with E-state index in [2.05, 4.69) is 39.1 Å². The van der Waals surface area contributed by atoms with Crippen LogP contribution in [0.4, 0.5) is 11.6 Å². The van der Waals surface area contributed by atoms with Crippen LogP contribution in [0.1, 0.15) is 54.3 Å². The van der Waals surface area contributed by atoms with Crippen molar-refractivity contribution < 1.29 is 0 Å². The van der Waals surface area contributed by atoms with Crippen molar-refractivity contribution in [2.75, 3.05) is 23.7 Å². The zero-order valence-electron chi connectivity index (χ0n) is 18.4. The SMILES string of the molecule is Nc1nc(N2CCC3(CC2)Cc2ccccc2[C@H]3N)cnc1Sc1ccnc(Cl)c1C1CC1. The number of aromatic nitrogens is 3. The number of fused-ring (bicyclic) bond motifs is 1. The average Bonchev–Trinajstić information content (AvgIpc) is 3.62. The highest BCUT2D eigenvalue weighted by molar-refractivity contribution is 7.99. The van der Waals surface area contributed by atoms with E-state index in [0.717, 1.165) is 61.5 Å². The molecule has 33 heavy (non-hydrogen) atoms. The van der Waals surface area contributed by atoms with Crippen molar-refractivity contribution in [3.63, 3.8) is 0 Å². The van der Waals surface area contributed by atoms with Crippen LogP contribution in [-0.4, -0.2) is 28.0 Å². The fourth-order valence-corrected chi connectivity index (χ4v) is 6.80. The predicted molar refractivity (Wildman–Crippen MR) is 133 cm³/mol. The quantitative estimate of drug-likeness (QED) is 0.510. The van der Waals surface area contributed by atoms with Gasteiger partial charge in [-0.2, -0.15) is 0 Å². The third-order valence-corrected chi connectivity index (χ3v) is 8.91. The smallest absolute Gasteiger partial charge is 0.158 e. The third-order valence-electron chi connectivity index (χ3n) is 7.52. The molecule has 2 aromatic heterocycles. The molecule has 1 atom stereocenters. The zero-order chi connectivity index (χ0) is 22.6. The van der Waals surface area contributed by atoms with Gasteiger partial charge < -0.3 is 16.4 Å². The van der Waals surface area contributed by atoms with Crippen LogP contribution in [-0.2, 0) is 6.42 Å². The summed E-state index contributed by atoms with van der Waals surface area (Å²) < 4.78 is 0. The molecule has 1 aromatic carbocycles. The lowest BCUT2D eigenvalue weighted by Gasteiger charge is -2.42. The topological polar surface area (TPSA) is 94.0 Å². The van der Waals surface area contributed by atoms with Gasteiger partial charge in [0.2, 0.25) is 0 Å². The number of rotatable bonds is 4. The number of hydrogen-bond donors (Lipinski definition) is 2. The summed E-state index contributed by atoms with van der Waals surface area (Å²) in [6.07, 6.45) is 9.06. The molecule has 0 bridgehead atoms. The van der Waals surface area contributed by atoms with Crippen molar-refractivity contribution in [3.05, 3.63) is 64.6 Å². The van der Waals surface area contributed by atoms with E-state index in [1.54, 1.807) is 6.20 Å². The van der Waals surface area contributed by atoms with Crippen LogP contribution in [0.15, 0.2) is 52.6 Å². The maximum atomic E-state index is 6.72. The molecule has 6 rings (SSSR count). The first-order valence-corrected chi connectivity index (χ1v) is 12.8. The van der Waals surface area contributed by atoms with Gasteiger partial charge in [0.25, 0.3) is 0 Å². The molecule has 0 radical (unpaired) electrons. The number of anilines is 2. The van der Waals surface area contributed by atoms with E-state index in [4.69, 9.17) is 28.1 Å². The first kappa shape index (κ1) is 21.2. The van der Waals surface area contributed by atoms with Crippen molar-refractivity contribution in [1.29, 1.82) is 0 Å². The maximum absolute atomic E-state index is 6.72. The molecule has 0 unspecified atom stereocenters. The van der Waals surface area contributed by atoms with Crippen LogP contribution in [0.2, 0.25) is 5.15 Å². The average molecular weight is 479 g/mol. The Labute approximate surface area is 203 Å². The second-order valence-corrected chi connectivity index (χ2v) is 10.9. The monoisotopic (exact) mass is 478 g/mol. The number of nitrogens with zero attached hydrogens (tertiary/aromatic N) is 4. The van der Waals surface area contributed by atoms with Crippen molar-refractivity contribution in [2.45, 2.75) is 54.0 Å². The van der Waals surface area contributed by atoms with Crippen molar-refractivity contribution in [1.82, 2.24) is 15.0 Å². The zero-order valence-corrected chi connectivity index (χ0v) is 19.9.